The number of likely N-dealkylation sites (tertiary alicyclic amines) is 1. The summed E-state index contributed by atoms with van der Waals surface area (Å²) in [5, 5.41) is 13.6. The second-order valence-electron chi connectivity index (χ2n) is 7.59. The van der Waals surface area contributed by atoms with Crippen molar-refractivity contribution in [2.45, 2.75) is 44.4 Å². The Hall–Kier alpha value is -2.18. The minimum atomic E-state index is 0.315. The first-order chi connectivity index (χ1) is 12.3. The SMILES string of the molecule is O=C(C1CC1)N1CCC(c2nnc3ccc(N4CCCC4)nn23)CC1. The minimum Gasteiger partial charge on any atom is -0.355 e. The van der Waals surface area contributed by atoms with Gasteiger partial charge >= 0.3 is 0 Å². The van der Waals surface area contributed by atoms with E-state index in [2.05, 4.69) is 21.2 Å². The van der Waals surface area contributed by atoms with Crippen molar-refractivity contribution in [1.29, 1.82) is 0 Å². The zero-order valence-corrected chi connectivity index (χ0v) is 14.5. The van der Waals surface area contributed by atoms with Crippen LogP contribution < -0.4 is 4.90 Å². The third-order valence-electron chi connectivity index (χ3n) is 5.80. The maximum atomic E-state index is 12.2. The minimum absolute atomic E-state index is 0.315. The summed E-state index contributed by atoms with van der Waals surface area (Å²) >= 11 is 0. The Morgan fingerprint density at radius 3 is 2.44 bits per heavy atom. The fourth-order valence-electron chi connectivity index (χ4n) is 4.11. The molecule has 7 heteroatoms. The highest BCUT2D eigenvalue weighted by Crippen LogP contribution is 2.34. The van der Waals surface area contributed by atoms with Crippen LogP contribution >= 0.6 is 0 Å². The van der Waals surface area contributed by atoms with Crippen molar-refractivity contribution in [2.24, 2.45) is 5.92 Å². The van der Waals surface area contributed by atoms with Gasteiger partial charge in [0.1, 0.15) is 5.82 Å². The molecule has 3 aliphatic rings. The molecule has 132 valence electrons. The van der Waals surface area contributed by atoms with E-state index in [1.807, 2.05) is 15.5 Å². The largest absolute Gasteiger partial charge is 0.355 e. The topological polar surface area (TPSA) is 66.6 Å². The smallest absolute Gasteiger partial charge is 0.225 e. The Morgan fingerprint density at radius 2 is 1.72 bits per heavy atom. The Bertz CT molecular complexity index is 784. The van der Waals surface area contributed by atoms with Gasteiger partial charge in [0, 0.05) is 38.0 Å². The quantitative estimate of drug-likeness (QED) is 0.853. The number of amides is 1. The molecule has 25 heavy (non-hydrogen) atoms. The van der Waals surface area contributed by atoms with Crippen LogP contribution in [0.4, 0.5) is 5.82 Å². The van der Waals surface area contributed by atoms with E-state index in [9.17, 15) is 4.79 Å². The first-order valence-electron chi connectivity index (χ1n) is 9.56. The van der Waals surface area contributed by atoms with Gasteiger partial charge in [-0.3, -0.25) is 4.79 Å². The van der Waals surface area contributed by atoms with Gasteiger partial charge in [-0.1, -0.05) is 0 Å². The molecule has 0 bridgehead atoms. The summed E-state index contributed by atoms with van der Waals surface area (Å²) in [6.07, 6.45) is 6.54. The molecule has 0 atom stereocenters. The van der Waals surface area contributed by atoms with Crippen LogP contribution in [0.2, 0.25) is 0 Å². The lowest BCUT2D eigenvalue weighted by Crippen LogP contribution is -2.39. The van der Waals surface area contributed by atoms with Crippen molar-refractivity contribution in [3.63, 3.8) is 0 Å². The summed E-state index contributed by atoms with van der Waals surface area (Å²) in [6, 6.07) is 4.07. The molecule has 5 rings (SSSR count). The molecule has 4 heterocycles. The summed E-state index contributed by atoms with van der Waals surface area (Å²) < 4.78 is 1.93. The van der Waals surface area contributed by atoms with Crippen molar-refractivity contribution in [3.05, 3.63) is 18.0 Å². The number of rotatable bonds is 3. The number of carbonyl (C=O) groups is 1. The van der Waals surface area contributed by atoms with Crippen LogP contribution in [-0.4, -0.2) is 56.8 Å². The molecule has 0 unspecified atom stereocenters. The van der Waals surface area contributed by atoms with E-state index in [4.69, 9.17) is 5.10 Å². The predicted octanol–water partition coefficient (Wildman–Crippen LogP) is 1.84. The van der Waals surface area contributed by atoms with Gasteiger partial charge in [0.15, 0.2) is 11.5 Å². The van der Waals surface area contributed by atoms with Crippen molar-refractivity contribution < 1.29 is 4.79 Å². The van der Waals surface area contributed by atoms with Gasteiger partial charge in [0.05, 0.1) is 0 Å². The third-order valence-corrected chi connectivity index (χ3v) is 5.80. The normalized spacial score (nSPS) is 22.1. The highest BCUT2D eigenvalue weighted by Gasteiger charge is 2.35. The first kappa shape index (κ1) is 15.1. The van der Waals surface area contributed by atoms with Crippen LogP contribution in [0.15, 0.2) is 12.1 Å². The van der Waals surface area contributed by atoms with E-state index in [-0.39, 0.29) is 0 Å². The van der Waals surface area contributed by atoms with Gasteiger partial charge < -0.3 is 9.80 Å². The van der Waals surface area contributed by atoms with Crippen molar-refractivity contribution in [3.8, 4) is 0 Å². The molecular formula is C18H24N6O. The van der Waals surface area contributed by atoms with E-state index in [0.717, 1.165) is 69.2 Å². The summed E-state index contributed by atoms with van der Waals surface area (Å²) in [7, 11) is 0. The molecule has 0 spiro atoms. The molecule has 0 aromatic carbocycles. The maximum absolute atomic E-state index is 12.2. The van der Waals surface area contributed by atoms with Crippen LogP contribution in [0.1, 0.15) is 50.3 Å². The summed E-state index contributed by atoms with van der Waals surface area (Å²) in [5.41, 5.74) is 0.814. The molecule has 2 saturated heterocycles. The molecule has 2 aliphatic heterocycles. The van der Waals surface area contributed by atoms with Gasteiger partial charge in [-0.25, -0.2) is 0 Å². The number of anilines is 1. The number of hydrogen-bond acceptors (Lipinski definition) is 5. The zero-order chi connectivity index (χ0) is 16.8. The number of carbonyl (C=O) groups excluding carboxylic acids is 1. The van der Waals surface area contributed by atoms with Gasteiger partial charge in [-0.05, 0) is 50.7 Å². The summed E-state index contributed by atoms with van der Waals surface area (Å²) in [5.74, 6) is 2.98. The second kappa shape index (κ2) is 5.97. The number of piperidine rings is 1. The van der Waals surface area contributed by atoms with E-state index < -0.39 is 0 Å². The highest BCUT2D eigenvalue weighted by molar-refractivity contribution is 5.81. The number of aromatic nitrogens is 4. The van der Waals surface area contributed by atoms with E-state index in [0.29, 0.717) is 17.7 Å². The number of hydrogen-bond donors (Lipinski definition) is 0. The van der Waals surface area contributed by atoms with Gasteiger partial charge in [-0.15, -0.1) is 15.3 Å². The molecule has 3 fully saturated rings. The lowest BCUT2D eigenvalue weighted by Gasteiger charge is -2.31. The van der Waals surface area contributed by atoms with Gasteiger partial charge in [0.25, 0.3) is 0 Å². The van der Waals surface area contributed by atoms with Gasteiger partial charge in [0.2, 0.25) is 5.91 Å². The summed E-state index contributed by atoms with van der Waals surface area (Å²) in [4.78, 5) is 16.6. The van der Waals surface area contributed by atoms with E-state index >= 15 is 0 Å². The fraction of sp³-hybridized carbons (Fsp3) is 0.667. The predicted molar refractivity (Wildman–Crippen MR) is 93.5 cm³/mol. The molecular weight excluding hydrogens is 316 g/mol. The summed E-state index contributed by atoms with van der Waals surface area (Å²) in [6.45, 7) is 3.83. The molecule has 7 nitrogen and oxygen atoms in total. The molecule has 0 radical (unpaired) electrons. The average molecular weight is 340 g/mol. The van der Waals surface area contributed by atoms with Crippen LogP contribution in [0, 0.1) is 5.92 Å². The van der Waals surface area contributed by atoms with Crippen molar-refractivity contribution in [1.82, 2.24) is 24.7 Å². The van der Waals surface area contributed by atoms with E-state index in [1.165, 1.54) is 12.8 Å². The average Bonchev–Trinajstić information content (AvgIpc) is 3.19. The van der Waals surface area contributed by atoms with E-state index in [1.54, 1.807) is 0 Å². The maximum Gasteiger partial charge on any atom is 0.225 e. The third kappa shape index (κ3) is 2.75. The molecule has 1 amide bonds. The number of nitrogens with zero attached hydrogens (tertiary/aromatic N) is 6. The first-order valence-corrected chi connectivity index (χ1v) is 9.56. The lowest BCUT2D eigenvalue weighted by atomic mass is 9.96. The second-order valence-corrected chi connectivity index (χ2v) is 7.59. The zero-order valence-electron chi connectivity index (χ0n) is 14.5. The molecule has 1 aliphatic carbocycles. The Labute approximate surface area is 147 Å². The molecule has 2 aromatic rings. The standard InChI is InChI=1S/C18H24N6O/c25-18(14-3-4-14)23-11-7-13(8-12-23)17-20-19-15-5-6-16(21-24(15)17)22-9-1-2-10-22/h5-6,13-14H,1-4,7-12H2. The van der Waals surface area contributed by atoms with Crippen molar-refractivity contribution in [2.75, 3.05) is 31.1 Å². The highest BCUT2D eigenvalue weighted by atomic mass is 16.2. The Morgan fingerprint density at radius 1 is 0.960 bits per heavy atom. The monoisotopic (exact) mass is 340 g/mol. The van der Waals surface area contributed by atoms with Crippen LogP contribution in [0.3, 0.4) is 0 Å². The molecule has 1 saturated carbocycles. The molecule has 2 aromatic heterocycles. The lowest BCUT2D eigenvalue weighted by molar-refractivity contribution is -0.133. The van der Waals surface area contributed by atoms with Crippen LogP contribution in [0.25, 0.3) is 5.65 Å². The Balaban J connectivity index is 1.35. The van der Waals surface area contributed by atoms with Crippen LogP contribution in [0.5, 0.6) is 0 Å². The molecule has 0 N–H and O–H groups in total. The van der Waals surface area contributed by atoms with Gasteiger partial charge in [-0.2, -0.15) is 4.52 Å². The fourth-order valence-corrected chi connectivity index (χ4v) is 4.11. The number of fused-ring (bicyclic) bond motifs is 1. The van der Waals surface area contributed by atoms with Crippen molar-refractivity contribution >= 4 is 17.4 Å². The van der Waals surface area contributed by atoms with Crippen LogP contribution in [-0.2, 0) is 4.79 Å². The Kier molecular flexibility index (Phi) is 3.60.